The number of rotatable bonds is 5. The van der Waals surface area contributed by atoms with Gasteiger partial charge in [-0.05, 0) is 41.7 Å². The van der Waals surface area contributed by atoms with Crippen LogP contribution in [0.4, 0.5) is 5.69 Å². The highest BCUT2D eigenvalue weighted by Crippen LogP contribution is 2.12. The lowest BCUT2D eigenvalue weighted by atomic mass is 10.3. The molecule has 0 saturated heterocycles. The molecule has 0 atom stereocenters. The molecule has 18 heavy (non-hydrogen) atoms. The fraction of sp³-hybridized carbons (Fsp3) is 0.417. The Morgan fingerprint density at radius 3 is 2.72 bits per heavy atom. The van der Waals surface area contributed by atoms with Crippen LogP contribution in [0.2, 0.25) is 0 Å². The van der Waals surface area contributed by atoms with Crippen LogP contribution in [0.5, 0.6) is 0 Å². The first kappa shape index (κ1) is 12.5. The number of hydrogen-bond donors (Lipinski definition) is 1. The zero-order chi connectivity index (χ0) is 13.0. The third-order valence-electron chi connectivity index (χ3n) is 2.91. The van der Waals surface area contributed by atoms with Gasteiger partial charge in [-0.2, -0.15) is 4.68 Å². The van der Waals surface area contributed by atoms with Gasteiger partial charge in [0.1, 0.15) is 0 Å². The van der Waals surface area contributed by atoms with Crippen molar-refractivity contribution in [3.63, 3.8) is 0 Å². The van der Waals surface area contributed by atoms with Crippen molar-refractivity contribution in [1.82, 2.24) is 25.1 Å². The Hall–Kier alpha value is -1.95. The molecule has 0 bridgehead atoms. The fourth-order valence-electron chi connectivity index (χ4n) is 1.81. The largest absolute Gasteiger partial charge is 0.399 e. The standard InChI is InChI=1S/C12H18N6/c1-3-17(4-2)9-12-14-15-16-18(12)11-7-5-6-10(13)8-11/h5-8H,3-4,9,13H2,1-2H3. The Balaban J connectivity index is 2.27. The summed E-state index contributed by atoms with van der Waals surface area (Å²) < 4.78 is 1.73. The highest BCUT2D eigenvalue weighted by molar-refractivity contribution is 5.47. The third kappa shape index (κ3) is 2.65. The van der Waals surface area contributed by atoms with Crippen molar-refractivity contribution in [2.45, 2.75) is 20.4 Å². The summed E-state index contributed by atoms with van der Waals surface area (Å²) in [4.78, 5) is 2.26. The molecule has 96 valence electrons. The van der Waals surface area contributed by atoms with E-state index in [9.17, 15) is 0 Å². The molecule has 6 nitrogen and oxygen atoms in total. The van der Waals surface area contributed by atoms with Crippen LogP contribution >= 0.6 is 0 Å². The second-order valence-corrected chi connectivity index (χ2v) is 4.06. The maximum Gasteiger partial charge on any atom is 0.170 e. The Labute approximate surface area is 106 Å². The van der Waals surface area contributed by atoms with Gasteiger partial charge in [-0.25, -0.2) is 0 Å². The summed E-state index contributed by atoms with van der Waals surface area (Å²) in [6.07, 6.45) is 0. The lowest BCUT2D eigenvalue weighted by molar-refractivity contribution is 0.285. The Morgan fingerprint density at radius 2 is 2.06 bits per heavy atom. The van der Waals surface area contributed by atoms with Crippen molar-refractivity contribution < 1.29 is 0 Å². The van der Waals surface area contributed by atoms with Gasteiger partial charge >= 0.3 is 0 Å². The number of tetrazole rings is 1. The van der Waals surface area contributed by atoms with Crippen LogP contribution in [0.25, 0.3) is 5.69 Å². The molecule has 0 unspecified atom stereocenters. The number of aromatic nitrogens is 4. The van der Waals surface area contributed by atoms with E-state index in [1.807, 2.05) is 24.3 Å². The van der Waals surface area contributed by atoms with E-state index in [2.05, 4.69) is 34.3 Å². The van der Waals surface area contributed by atoms with Gasteiger partial charge in [0.05, 0.1) is 12.2 Å². The van der Waals surface area contributed by atoms with Crippen LogP contribution in [0.15, 0.2) is 24.3 Å². The quantitative estimate of drug-likeness (QED) is 0.799. The predicted octanol–water partition coefficient (Wildman–Crippen LogP) is 1.09. The zero-order valence-corrected chi connectivity index (χ0v) is 10.7. The maximum absolute atomic E-state index is 5.78. The van der Waals surface area contributed by atoms with E-state index in [-0.39, 0.29) is 0 Å². The molecule has 0 spiro atoms. The van der Waals surface area contributed by atoms with Gasteiger partial charge in [-0.15, -0.1) is 5.10 Å². The van der Waals surface area contributed by atoms with E-state index in [1.54, 1.807) is 4.68 Å². The van der Waals surface area contributed by atoms with Crippen molar-refractivity contribution >= 4 is 5.69 Å². The van der Waals surface area contributed by atoms with E-state index in [1.165, 1.54) is 0 Å². The zero-order valence-electron chi connectivity index (χ0n) is 10.7. The number of benzene rings is 1. The Bertz CT molecular complexity index is 503. The minimum Gasteiger partial charge on any atom is -0.399 e. The third-order valence-corrected chi connectivity index (χ3v) is 2.91. The minimum absolute atomic E-state index is 0.705. The molecule has 2 aromatic rings. The van der Waals surface area contributed by atoms with E-state index in [0.717, 1.165) is 31.1 Å². The van der Waals surface area contributed by atoms with Crippen LogP contribution in [0, 0.1) is 0 Å². The molecular weight excluding hydrogens is 228 g/mol. The average molecular weight is 246 g/mol. The fourth-order valence-corrected chi connectivity index (χ4v) is 1.81. The first-order valence-corrected chi connectivity index (χ1v) is 6.10. The summed E-state index contributed by atoms with van der Waals surface area (Å²) >= 11 is 0. The van der Waals surface area contributed by atoms with Gasteiger partial charge in [0, 0.05) is 5.69 Å². The minimum atomic E-state index is 0.705. The highest BCUT2D eigenvalue weighted by Gasteiger charge is 2.11. The van der Waals surface area contributed by atoms with Crippen molar-refractivity contribution in [2.24, 2.45) is 0 Å². The lowest BCUT2D eigenvalue weighted by Crippen LogP contribution is -2.24. The monoisotopic (exact) mass is 246 g/mol. The van der Waals surface area contributed by atoms with Crippen LogP contribution in [0.3, 0.4) is 0 Å². The van der Waals surface area contributed by atoms with Gasteiger partial charge < -0.3 is 5.73 Å². The smallest absolute Gasteiger partial charge is 0.170 e. The van der Waals surface area contributed by atoms with E-state index >= 15 is 0 Å². The molecule has 0 saturated carbocycles. The predicted molar refractivity (Wildman–Crippen MR) is 70.2 cm³/mol. The second kappa shape index (κ2) is 5.59. The molecule has 0 amide bonds. The molecule has 0 aliphatic rings. The first-order valence-electron chi connectivity index (χ1n) is 6.10. The summed E-state index contributed by atoms with van der Waals surface area (Å²) in [7, 11) is 0. The van der Waals surface area contributed by atoms with Crippen molar-refractivity contribution in [3.8, 4) is 5.69 Å². The van der Waals surface area contributed by atoms with Crippen molar-refractivity contribution in [3.05, 3.63) is 30.1 Å². The van der Waals surface area contributed by atoms with Gasteiger partial charge in [-0.3, -0.25) is 4.90 Å². The molecule has 0 aliphatic carbocycles. The van der Waals surface area contributed by atoms with Crippen LogP contribution < -0.4 is 5.73 Å². The Morgan fingerprint density at radius 1 is 1.28 bits per heavy atom. The van der Waals surface area contributed by atoms with Gasteiger partial charge in [0.15, 0.2) is 5.82 Å². The maximum atomic E-state index is 5.78. The Kier molecular flexibility index (Phi) is 3.88. The van der Waals surface area contributed by atoms with Gasteiger partial charge in [-0.1, -0.05) is 19.9 Å². The first-order chi connectivity index (χ1) is 8.74. The van der Waals surface area contributed by atoms with Crippen LogP contribution in [-0.2, 0) is 6.54 Å². The molecule has 2 N–H and O–H groups in total. The van der Waals surface area contributed by atoms with Crippen LogP contribution in [-0.4, -0.2) is 38.2 Å². The molecule has 0 radical (unpaired) electrons. The molecule has 6 heteroatoms. The molecule has 0 aliphatic heterocycles. The van der Waals surface area contributed by atoms with Crippen molar-refractivity contribution in [1.29, 1.82) is 0 Å². The topological polar surface area (TPSA) is 72.9 Å². The number of nitrogens with two attached hydrogens (primary N) is 1. The number of nitrogens with zero attached hydrogens (tertiary/aromatic N) is 5. The molecular formula is C12H18N6. The second-order valence-electron chi connectivity index (χ2n) is 4.06. The van der Waals surface area contributed by atoms with Gasteiger partial charge in [0.2, 0.25) is 0 Å². The van der Waals surface area contributed by atoms with E-state index in [4.69, 9.17) is 5.73 Å². The summed E-state index contributed by atoms with van der Waals surface area (Å²) in [6, 6.07) is 7.55. The van der Waals surface area contributed by atoms with Crippen LogP contribution in [0.1, 0.15) is 19.7 Å². The summed E-state index contributed by atoms with van der Waals surface area (Å²) in [5.74, 6) is 0.823. The number of hydrogen-bond acceptors (Lipinski definition) is 5. The van der Waals surface area contributed by atoms with E-state index < -0.39 is 0 Å². The summed E-state index contributed by atoms with van der Waals surface area (Å²) in [5, 5.41) is 11.8. The molecule has 2 rings (SSSR count). The molecule has 1 aromatic heterocycles. The van der Waals surface area contributed by atoms with Gasteiger partial charge in [0.25, 0.3) is 0 Å². The number of anilines is 1. The van der Waals surface area contributed by atoms with E-state index in [0.29, 0.717) is 5.69 Å². The molecule has 1 heterocycles. The number of nitrogen functional groups attached to an aromatic ring is 1. The SMILES string of the molecule is CCN(CC)Cc1nnnn1-c1cccc(N)c1. The summed E-state index contributed by atoms with van der Waals surface area (Å²) in [5.41, 5.74) is 7.37. The molecule has 1 aromatic carbocycles. The van der Waals surface area contributed by atoms with Crippen molar-refractivity contribution in [2.75, 3.05) is 18.8 Å². The summed E-state index contributed by atoms with van der Waals surface area (Å²) in [6.45, 7) is 6.92. The normalized spacial score (nSPS) is 11.1. The highest BCUT2D eigenvalue weighted by atomic mass is 15.5. The molecule has 0 fully saturated rings. The average Bonchev–Trinajstić information content (AvgIpc) is 2.84. The lowest BCUT2D eigenvalue weighted by Gasteiger charge is -2.17.